The zero-order chi connectivity index (χ0) is 21.7. The van der Waals surface area contributed by atoms with Gasteiger partial charge in [-0.1, -0.05) is 25.7 Å². The zero-order valence-corrected chi connectivity index (χ0v) is 17.6. The van der Waals surface area contributed by atoms with Crippen LogP contribution in [0.4, 0.5) is 5.82 Å². The van der Waals surface area contributed by atoms with E-state index >= 15 is 0 Å². The lowest BCUT2D eigenvalue weighted by atomic mass is 9.92. The average molecular weight is 418 g/mol. The highest BCUT2D eigenvalue weighted by atomic mass is 16.5. The van der Waals surface area contributed by atoms with E-state index in [1.807, 2.05) is 19.9 Å². The Morgan fingerprint density at radius 3 is 2.73 bits per heavy atom. The molecule has 0 spiro atoms. The standard InChI is InChI=1S/C21H31N5O4/c1-14-9-15(2)23-19(10-14)24-20(28)18-7-8-22-26(18)21(29)17(12-25(30)13-27)11-16-5-3-4-6-16/h9-10,13,16-18,22,30H,3-8,11-12H2,1-2H3,(H,23,24,28)/t17-,18+/m1/s1. The molecule has 2 aliphatic rings. The summed E-state index contributed by atoms with van der Waals surface area (Å²) in [6.07, 6.45) is 5.75. The number of amides is 3. The van der Waals surface area contributed by atoms with Gasteiger partial charge in [-0.3, -0.25) is 24.6 Å². The molecule has 1 aromatic heterocycles. The maximum atomic E-state index is 13.3. The van der Waals surface area contributed by atoms with Crippen molar-refractivity contribution in [3.8, 4) is 0 Å². The lowest BCUT2D eigenvalue weighted by molar-refractivity contribution is -0.159. The zero-order valence-electron chi connectivity index (χ0n) is 17.6. The summed E-state index contributed by atoms with van der Waals surface area (Å²) in [4.78, 5) is 41.4. The molecule has 1 aromatic rings. The Labute approximate surface area is 176 Å². The van der Waals surface area contributed by atoms with Gasteiger partial charge in [-0.05, 0) is 50.3 Å². The second-order valence-electron chi connectivity index (χ2n) is 8.39. The molecule has 9 heteroatoms. The summed E-state index contributed by atoms with van der Waals surface area (Å²) in [6.45, 7) is 4.20. The number of anilines is 1. The van der Waals surface area contributed by atoms with Crippen LogP contribution in [0.15, 0.2) is 12.1 Å². The van der Waals surface area contributed by atoms with Crippen LogP contribution in [0.3, 0.4) is 0 Å². The Bertz CT molecular complexity index is 760. The first kappa shape index (κ1) is 22.2. The predicted octanol–water partition coefficient (Wildman–Crippen LogP) is 1.79. The molecule has 1 saturated heterocycles. The molecular weight excluding hydrogens is 386 g/mol. The molecule has 0 bridgehead atoms. The smallest absolute Gasteiger partial charge is 0.250 e. The first-order chi connectivity index (χ1) is 14.4. The van der Waals surface area contributed by atoms with Gasteiger partial charge in [0.15, 0.2) is 0 Å². The highest BCUT2D eigenvalue weighted by molar-refractivity contribution is 5.97. The monoisotopic (exact) mass is 417 g/mol. The first-order valence-corrected chi connectivity index (χ1v) is 10.6. The Hall–Kier alpha value is -2.52. The largest absolute Gasteiger partial charge is 0.309 e. The maximum absolute atomic E-state index is 13.3. The third kappa shape index (κ3) is 5.54. The van der Waals surface area contributed by atoms with E-state index in [1.165, 1.54) is 5.01 Å². The third-order valence-corrected chi connectivity index (χ3v) is 5.87. The molecule has 3 rings (SSSR count). The minimum Gasteiger partial charge on any atom is -0.309 e. The molecule has 0 unspecified atom stereocenters. The minimum absolute atomic E-state index is 0.0794. The van der Waals surface area contributed by atoms with Gasteiger partial charge in [0.1, 0.15) is 11.9 Å². The third-order valence-electron chi connectivity index (χ3n) is 5.87. The lowest BCUT2D eigenvalue weighted by Crippen LogP contribution is -2.51. The Morgan fingerprint density at radius 2 is 2.07 bits per heavy atom. The van der Waals surface area contributed by atoms with Crippen molar-refractivity contribution in [3.63, 3.8) is 0 Å². The molecule has 1 saturated carbocycles. The van der Waals surface area contributed by atoms with E-state index in [9.17, 15) is 19.6 Å². The SMILES string of the molecule is Cc1cc(C)nc(NC(=O)[C@@H]2CCNN2C(=O)[C@H](CC2CCCC2)CN(O)C=O)c1. The topological polar surface area (TPSA) is 115 Å². The molecule has 2 heterocycles. The number of nitrogens with one attached hydrogen (secondary N) is 2. The summed E-state index contributed by atoms with van der Waals surface area (Å²) in [7, 11) is 0. The van der Waals surface area contributed by atoms with Crippen LogP contribution in [0, 0.1) is 25.7 Å². The highest BCUT2D eigenvalue weighted by Crippen LogP contribution is 2.31. The van der Waals surface area contributed by atoms with E-state index in [0.717, 1.165) is 36.9 Å². The van der Waals surface area contributed by atoms with Gasteiger partial charge >= 0.3 is 0 Å². The number of hydroxylamine groups is 2. The number of hydrogen-bond donors (Lipinski definition) is 3. The highest BCUT2D eigenvalue weighted by Gasteiger charge is 2.39. The fourth-order valence-corrected chi connectivity index (χ4v) is 4.52. The van der Waals surface area contributed by atoms with Gasteiger partial charge in [0.05, 0.1) is 12.5 Å². The molecule has 1 aliphatic heterocycles. The van der Waals surface area contributed by atoms with Crippen LogP contribution < -0.4 is 10.7 Å². The van der Waals surface area contributed by atoms with Gasteiger partial charge in [0.25, 0.3) is 0 Å². The second kappa shape index (κ2) is 9.99. The van der Waals surface area contributed by atoms with Crippen LogP contribution in [0.2, 0.25) is 0 Å². The number of aryl methyl sites for hydroxylation is 2. The van der Waals surface area contributed by atoms with Gasteiger partial charge in [-0.25, -0.2) is 15.5 Å². The summed E-state index contributed by atoms with van der Waals surface area (Å²) in [5, 5.41) is 14.4. The molecular formula is C21H31N5O4. The van der Waals surface area contributed by atoms with E-state index < -0.39 is 12.0 Å². The normalized spacial score (nSPS) is 20.2. The number of pyridine rings is 1. The summed E-state index contributed by atoms with van der Waals surface area (Å²) >= 11 is 0. The Balaban J connectivity index is 1.71. The van der Waals surface area contributed by atoms with Crippen molar-refractivity contribution in [3.05, 3.63) is 23.4 Å². The molecule has 0 radical (unpaired) electrons. The van der Waals surface area contributed by atoms with Crippen molar-refractivity contribution in [1.82, 2.24) is 20.5 Å². The van der Waals surface area contributed by atoms with Crippen molar-refractivity contribution in [2.24, 2.45) is 11.8 Å². The van der Waals surface area contributed by atoms with Crippen LogP contribution in [-0.4, -0.2) is 57.6 Å². The molecule has 0 aromatic carbocycles. The van der Waals surface area contributed by atoms with Gasteiger partial charge in [0.2, 0.25) is 18.2 Å². The van der Waals surface area contributed by atoms with E-state index in [-0.39, 0.29) is 18.4 Å². The van der Waals surface area contributed by atoms with Crippen LogP contribution in [0.1, 0.15) is 49.8 Å². The Kier molecular flexibility index (Phi) is 7.38. The van der Waals surface area contributed by atoms with Crippen molar-refractivity contribution < 1.29 is 19.6 Å². The van der Waals surface area contributed by atoms with E-state index in [0.29, 0.717) is 42.6 Å². The first-order valence-electron chi connectivity index (χ1n) is 10.6. The molecule has 2 atom stereocenters. The molecule has 9 nitrogen and oxygen atoms in total. The minimum atomic E-state index is -0.672. The van der Waals surface area contributed by atoms with Gasteiger partial charge in [0, 0.05) is 12.2 Å². The number of carbonyl (C=O) groups is 3. The summed E-state index contributed by atoms with van der Waals surface area (Å²) < 4.78 is 0. The molecule has 2 fully saturated rings. The van der Waals surface area contributed by atoms with Crippen LogP contribution in [0.5, 0.6) is 0 Å². The molecule has 3 N–H and O–H groups in total. The quantitative estimate of drug-likeness (QED) is 0.337. The second-order valence-corrected chi connectivity index (χ2v) is 8.39. The van der Waals surface area contributed by atoms with E-state index in [2.05, 4.69) is 15.7 Å². The van der Waals surface area contributed by atoms with Gasteiger partial charge in [-0.15, -0.1) is 0 Å². The van der Waals surface area contributed by atoms with Crippen molar-refractivity contribution in [1.29, 1.82) is 0 Å². The lowest BCUT2D eigenvalue weighted by Gasteiger charge is -2.29. The van der Waals surface area contributed by atoms with Gasteiger partial charge < -0.3 is 5.32 Å². The summed E-state index contributed by atoms with van der Waals surface area (Å²) in [5.74, 6) is -0.283. The Morgan fingerprint density at radius 1 is 1.33 bits per heavy atom. The maximum Gasteiger partial charge on any atom is 0.250 e. The van der Waals surface area contributed by atoms with E-state index in [4.69, 9.17) is 0 Å². The number of aromatic nitrogens is 1. The number of carbonyl (C=O) groups excluding carboxylic acids is 3. The predicted molar refractivity (Wildman–Crippen MR) is 110 cm³/mol. The number of rotatable bonds is 8. The molecule has 1 aliphatic carbocycles. The van der Waals surface area contributed by atoms with Crippen molar-refractivity contribution >= 4 is 24.0 Å². The van der Waals surface area contributed by atoms with Crippen LogP contribution >= 0.6 is 0 Å². The molecule has 164 valence electrons. The fraction of sp³-hybridized carbons (Fsp3) is 0.619. The average Bonchev–Trinajstić information content (AvgIpc) is 3.37. The van der Waals surface area contributed by atoms with Gasteiger partial charge in [-0.2, -0.15) is 0 Å². The number of hydrazine groups is 1. The van der Waals surface area contributed by atoms with E-state index in [1.54, 1.807) is 6.07 Å². The summed E-state index contributed by atoms with van der Waals surface area (Å²) in [5.41, 5.74) is 4.80. The molecule has 30 heavy (non-hydrogen) atoms. The van der Waals surface area contributed by atoms with Crippen molar-refractivity contribution in [2.45, 2.75) is 58.4 Å². The van der Waals surface area contributed by atoms with Crippen LogP contribution in [0.25, 0.3) is 0 Å². The number of nitrogens with zero attached hydrogens (tertiary/aromatic N) is 3. The van der Waals surface area contributed by atoms with Crippen LogP contribution in [-0.2, 0) is 14.4 Å². The fourth-order valence-electron chi connectivity index (χ4n) is 4.52. The number of hydrogen-bond acceptors (Lipinski definition) is 6. The molecule has 3 amide bonds. The summed E-state index contributed by atoms with van der Waals surface area (Å²) in [6, 6.07) is 3.04. The van der Waals surface area contributed by atoms with Crippen molar-refractivity contribution in [2.75, 3.05) is 18.4 Å².